The predicted octanol–water partition coefficient (Wildman–Crippen LogP) is 2.63. The van der Waals surface area contributed by atoms with E-state index >= 15 is 0 Å². The van der Waals surface area contributed by atoms with Crippen LogP contribution in [0.3, 0.4) is 0 Å². The van der Waals surface area contributed by atoms with Crippen LogP contribution in [-0.2, 0) is 4.79 Å². The molecule has 0 heterocycles. The van der Waals surface area contributed by atoms with Crippen molar-refractivity contribution in [1.82, 2.24) is 5.32 Å². The molecule has 1 rings (SSSR count). The third-order valence-corrected chi connectivity index (χ3v) is 4.45. The van der Waals surface area contributed by atoms with E-state index in [4.69, 9.17) is 10.9 Å². The topological polar surface area (TPSA) is 87.7 Å². The van der Waals surface area contributed by atoms with Crippen molar-refractivity contribution in [2.45, 2.75) is 65.2 Å². The number of oxime groups is 1. The minimum atomic E-state index is -0.849. The molecule has 0 atom stereocenters. The lowest BCUT2D eigenvalue weighted by atomic mass is 9.77. The van der Waals surface area contributed by atoms with Crippen molar-refractivity contribution >= 4 is 11.7 Å². The van der Waals surface area contributed by atoms with Crippen molar-refractivity contribution in [1.29, 1.82) is 0 Å². The highest BCUT2D eigenvalue weighted by Crippen LogP contribution is 2.32. The Hall–Kier alpha value is -1.26. The highest BCUT2D eigenvalue weighted by Gasteiger charge is 2.41. The first kappa shape index (κ1) is 16.8. The van der Waals surface area contributed by atoms with Crippen LogP contribution in [0.1, 0.15) is 65.2 Å². The number of amides is 1. The molecule has 1 aliphatic carbocycles. The molecule has 0 aromatic carbocycles. The maximum absolute atomic E-state index is 12.6. The second-order valence-corrected chi connectivity index (χ2v) is 5.91. The van der Waals surface area contributed by atoms with Gasteiger partial charge in [0.2, 0.25) is 5.91 Å². The van der Waals surface area contributed by atoms with E-state index < -0.39 is 5.41 Å². The van der Waals surface area contributed by atoms with E-state index in [1.165, 1.54) is 19.3 Å². The fourth-order valence-corrected chi connectivity index (χ4v) is 3.01. The second kappa shape index (κ2) is 8.12. The molecule has 0 aliphatic heterocycles. The number of hydrogen-bond donors (Lipinski definition) is 3. The zero-order chi connectivity index (χ0) is 15.0. The zero-order valence-corrected chi connectivity index (χ0v) is 12.8. The standard InChI is InChI=1S/C15H29N3O2/c1-3-9-15(10-4-2,13(16)18-20)14(19)17-11-8-12-6-5-7-12/h12,20H,3-11H2,1-2H3,(H2,16,18)(H,17,19). The van der Waals surface area contributed by atoms with Crippen LogP contribution in [-0.4, -0.2) is 23.5 Å². The number of rotatable bonds is 9. The molecule has 20 heavy (non-hydrogen) atoms. The lowest BCUT2D eigenvalue weighted by Gasteiger charge is -2.31. The fraction of sp³-hybridized carbons (Fsp3) is 0.867. The van der Waals surface area contributed by atoms with Crippen LogP contribution in [0, 0.1) is 11.3 Å². The molecule has 0 aromatic rings. The van der Waals surface area contributed by atoms with Gasteiger partial charge in [0.1, 0.15) is 5.41 Å². The van der Waals surface area contributed by atoms with E-state index in [2.05, 4.69) is 10.5 Å². The number of carbonyl (C=O) groups is 1. The van der Waals surface area contributed by atoms with Gasteiger partial charge < -0.3 is 16.3 Å². The molecular formula is C15H29N3O2. The summed E-state index contributed by atoms with van der Waals surface area (Å²) in [5.74, 6) is 0.726. The second-order valence-electron chi connectivity index (χ2n) is 5.91. The Morgan fingerprint density at radius 1 is 1.35 bits per heavy atom. The van der Waals surface area contributed by atoms with Crippen LogP contribution >= 0.6 is 0 Å². The van der Waals surface area contributed by atoms with E-state index in [0.717, 1.165) is 25.2 Å². The number of amidine groups is 1. The molecule has 0 saturated heterocycles. The average Bonchev–Trinajstić information content (AvgIpc) is 2.39. The fourth-order valence-electron chi connectivity index (χ4n) is 3.01. The molecule has 1 fully saturated rings. The van der Waals surface area contributed by atoms with Gasteiger partial charge in [-0.1, -0.05) is 51.1 Å². The van der Waals surface area contributed by atoms with Crippen LogP contribution in [0.25, 0.3) is 0 Å². The first-order valence-electron chi connectivity index (χ1n) is 7.87. The molecule has 0 radical (unpaired) electrons. The molecule has 0 unspecified atom stereocenters. The van der Waals surface area contributed by atoms with Gasteiger partial charge in [-0.3, -0.25) is 4.79 Å². The van der Waals surface area contributed by atoms with Crippen LogP contribution in [0.4, 0.5) is 0 Å². The van der Waals surface area contributed by atoms with Gasteiger partial charge in [0.25, 0.3) is 0 Å². The van der Waals surface area contributed by atoms with Crippen LogP contribution in [0.15, 0.2) is 5.16 Å². The number of hydrogen-bond acceptors (Lipinski definition) is 3. The maximum atomic E-state index is 12.6. The largest absolute Gasteiger partial charge is 0.409 e. The summed E-state index contributed by atoms with van der Waals surface area (Å²) in [6.07, 6.45) is 7.81. The van der Waals surface area contributed by atoms with Gasteiger partial charge in [-0.05, 0) is 25.2 Å². The summed E-state index contributed by atoms with van der Waals surface area (Å²) in [4.78, 5) is 12.6. The Kier molecular flexibility index (Phi) is 6.82. The Labute approximate surface area is 122 Å². The molecule has 0 bridgehead atoms. The van der Waals surface area contributed by atoms with Gasteiger partial charge >= 0.3 is 0 Å². The molecule has 116 valence electrons. The summed E-state index contributed by atoms with van der Waals surface area (Å²) in [5.41, 5.74) is 4.98. The van der Waals surface area contributed by atoms with E-state index in [1.807, 2.05) is 13.8 Å². The van der Waals surface area contributed by atoms with Gasteiger partial charge in [-0.2, -0.15) is 0 Å². The average molecular weight is 283 g/mol. The van der Waals surface area contributed by atoms with Crippen molar-refractivity contribution in [3.63, 3.8) is 0 Å². The predicted molar refractivity (Wildman–Crippen MR) is 80.6 cm³/mol. The van der Waals surface area contributed by atoms with E-state index in [-0.39, 0.29) is 11.7 Å². The van der Waals surface area contributed by atoms with Crippen molar-refractivity contribution in [2.24, 2.45) is 22.2 Å². The molecule has 1 aliphatic rings. The number of nitrogens with two attached hydrogens (primary N) is 1. The van der Waals surface area contributed by atoms with E-state index in [1.54, 1.807) is 0 Å². The Balaban J connectivity index is 2.65. The first-order chi connectivity index (χ1) is 9.60. The number of nitrogens with one attached hydrogen (secondary N) is 1. The maximum Gasteiger partial charge on any atom is 0.233 e. The van der Waals surface area contributed by atoms with Crippen LogP contribution in [0.2, 0.25) is 0 Å². The molecule has 0 aromatic heterocycles. The molecule has 5 nitrogen and oxygen atoms in total. The quantitative estimate of drug-likeness (QED) is 0.263. The SMILES string of the molecule is CCCC(CCC)(C(=O)NCCC1CCC1)C(N)=NO. The van der Waals surface area contributed by atoms with Gasteiger partial charge in [0.15, 0.2) is 5.84 Å². The molecule has 5 heteroatoms. The summed E-state index contributed by atoms with van der Waals surface area (Å²) in [5, 5.41) is 15.1. The number of nitrogens with zero attached hydrogens (tertiary/aromatic N) is 1. The van der Waals surface area contributed by atoms with Crippen LogP contribution < -0.4 is 11.1 Å². The summed E-state index contributed by atoms with van der Waals surface area (Å²) in [6, 6.07) is 0. The Bertz CT molecular complexity index is 332. The van der Waals surface area contributed by atoms with Crippen molar-refractivity contribution in [3.8, 4) is 0 Å². The summed E-state index contributed by atoms with van der Waals surface area (Å²) in [6.45, 7) is 4.71. The van der Waals surface area contributed by atoms with E-state index in [0.29, 0.717) is 19.4 Å². The van der Waals surface area contributed by atoms with Crippen molar-refractivity contribution < 1.29 is 10.0 Å². The third-order valence-electron chi connectivity index (χ3n) is 4.45. The highest BCUT2D eigenvalue weighted by atomic mass is 16.4. The monoisotopic (exact) mass is 283 g/mol. The molecule has 1 saturated carbocycles. The van der Waals surface area contributed by atoms with E-state index in [9.17, 15) is 4.79 Å². The summed E-state index contributed by atoms with van der Waals surface area (Å²) in [7, 11) is 0. The summed E-state index contributed by atoms with van der Waals surface area (Å²) >= 11 is 0. The lowest BCUT2D eigenvalue weighted by molar-refractivity contribution is -0.128. The minimum absolute atomic E-state index is 0.0438. The van der Waals surface area contributed by atoms with Gasteiger partial charge in [-0.25, -0.2) is 0 Å². The molecule has 0 spiro atoms. The van der Waals surface area contributed by atoms with Gasteiger partial charge in [0.05, 0.1) is 0 Å². The van der Waals surface area contributed by atoms with Crippen molar-refractivity contribution in [3.05, 3.63) is 0 Å². The molecule has 1 amide bonds. The summed E-state index contributed by atoms with van der Waals surface area (Å²) < 4.78 is 0. The third kappa shape index (κ3) is 3.87. The number of carbonyl (C=O) groups excluding carboxylic acids is 1. The Morgan fingerprint density at radius 3 is 2.35 bits per heavy atom. The van der Waals surface area contributed by atoms with Gasteiger partial charge in [0, 0.05) is 6.54 Å². The lowest BCUT2D eigenvalue weighted by Crippen LogP contribution is -2.50. The zero-order valence-electron chi connectivity index (χ0n) is 12.8. The van der Waals surface area contributed by atoms with Crippen molar-refractivity contribution in [2.75, 3.05) is 6.54 Å². The highest BCUT2D eigenvalue weighted by molar-refractivity contribution is 6.06. The van der Waals surface area contributed by atoms with Gasteiger partial charge in [-0.15, -0.1) is 0 Å². The molecule has 4 N–H and O–H groups in total. The normalized spacial score (nSPS) is 16.8. The minimum Gasteiger partial charge on any atom is -0.409 e. The Morgan fingerprint density at radius 2 is 1.95 bits per heavy atom. The van der Waals surface area contributed by atoms with Crippen LogP contribution in [0.5, 0.6) is 0 Å². The molecular weight excluding hydrogens is 254 g/mol. The first-order valence-corrected chi connectivity index (χ1v) is 7.87. The smallest absolute Gasteiger partial charge is 0.233 e.